The maximum atomic E-state index is 5.82. The first-order valence-electron chi connectivity index (χ1n) is 4.12. The molecule has 0 aliphatic heterocycles. The molecule has 0 N–H and O–H groups in total. The number of halogens is 4. The molecule has 0 nitrogen and oxygen atoms in total. The van der Waals surface area contributed by atoms with Gasteiger partial charge in [-0.1, -0.05) is 13.3 Å². The Morgan fingerprint density at radius 1 is 1.25 bits per heavy atom. The second-order valence-electron chi connectivity index (χ2n) is 2.92. The molecule has 12 heavy (non-hydrogen) atoms. The van der Waals surface area contributed by atoms with E-state index in [0.29, 0.717) is 11.8 Å². The van der Waals surface area contributed by atoms with E-state index in [-0.39, 0.29) is 0 Å². The first-order valence-corrected chi connectivity index (χ1v) is 9.90. The van der Waals surface area contributed by atoms with E-state index in [1.165, 1.54) is 0 Å². The molecule has 0 radical (unpaired) electrons. The van der Waals surface area contributed by atoms with Gasteiger partial charge >= 0.3 is 6.00 Å². The van der Waals surface area contributed by atoms with Gasteiger partial charge in [-0.3, -0.25) is 0 Å². The maximum Gasteiger partial charge on any atom is 0.341 e. The van der Waals surface area contributed by atoms with E-state index in [1.54, 1.807) is 0 Å². The minimum atomic E-state index is -2.42. The standard InChI is InChI=1S/C7H14Cl4Si/c1-2-7(4-3-5-8)6-12(9,10)11/h7H,2-6H2,1H3. The number of hydrogen-bond acceptors (Lipinski definition) is 0. The molecule has 0 aromatic heterocycles. The Bertz CT molecular complexity index is 112. The lowest BCUT2D eigenvalue weighted by atomic mass is 10.0. The van der Waals surface area contributed by atoms with Gasteiger partial charge in [0.15, 0.2) is 0 Å². The summed E-state index contributed by atoms with van der Waals surface area (Å²) in [5, 5.41) is 0. The van der Waals surface area contributed by atoms with Gasteiger partial charge in [-0.15, -0.1) is 44.8 Å². The summed E-state index contributed by atoms with van der Waals surface area (Å²) in [5.74, 6) is 1.25. The fourth-order valence-corrected chi connectivity index (χ4v) is 4.41. The van der Waals surface area contributed by atoms with Crippen molar-refractivity contribution in [2.75, 3.05) is 5.88 Å². The minimum Gasteiger partial charge on any atom is -0.127 e. The molecule has 0 rings (SSSR count). The van der Waals surface area contributed by atoms with Gasteiger partial charge in [0.05, 0.1) is 0 Å². The molecule has 0 aliphatic carbocycles. The zero-order chi connectivity index (χ0) is 9.61. The maximum absolute atomic E-state index is 5.82. The summed E-state index contributed by atoms with van der Waals surface area (Å²) in [4.78, 5) is 0. The molecule has 0 aromatic carbocycles. The molecule has 0 heterocycles. The Hall–Kier alpha value is 1.38. The quantitative estimate of drug-likeness (QED) is 0.372. The molecule has 0 amide bonds. The van der Waals surface area contributed by atoms with Gasteiger partial charge in [0.25, 0.3) is 0 Å². The highest BCUT2D eigenvalue weighted by Crippen LogP contribution is 2.32. The molecule has 0 spiro atoms. The Kier molecular flexibility index (Phi) is 7.55. The zero-order valence-electron chi connectivity index (χ0n) is 7.12. The third-order valence-electron chi connectivity index (χ3n) is 1.84. The highest BCUT2D eigenvalue weighted by molar-refractivity contribution is 7.64. The summed E-state index contributed by atoms with van der Waals surface area (Å²) < 4.78 is 0. The van der Waals surface area contributed by atoms with Crippen LogP contribution < -0.4 is 0 Å². The SMILES string of the molecule is CCC(CCCCl)C[Si](Cl)(Cl)Cl. The Morgan fingerprint density at radius 2 is 1.83 bits per heavy atom. The van der Waals surface area contributed by atoms with Gasteiger partial charge in [0, 0.05) is 5.88 Å². The smallest absolute Gasteiger partial charge is 0.127 e. The van der Waals surface area contributed by atoms with E-state index in [9.17, 15) is 0 Å². The molecule has 1 atom stereocenters. The fraction of sp³-hybridized carbons (Fsp3) is 1.00. The van der Waals surface area contributed by atoms with Crippen LogP contribution in [-0.4, -0.2) is 11.9 Å². The van der Waals surface area contributed by atoms with Crippen molar-refractivity contribution < 1.29 is 0 Å². The van der Waals surface area contributed by atoms with Crippen LogP contribution in [-0.2, 0) is 0 Å². The Morgan fingerprint density at radius 3 is 2.17 bits per heavy atom. The molecule has 0 saturated carbocycles. The second kappa shape index (κ2) is 6.78. The minimum absolute atomic E-state index is 0.544. The topological polar surface area (TPSA) is 0 Å². The first-order chi connectivity index (χ1) is 5.49. The molecule has 1 unspecified atom stereocenters. The van der Waals surface area contributed by atoms with E-state index in [0.717, 1.165) is 25.3 Å². The lowest BCUT2D eigenvalue weighted by molar-refractivity contribution is 0.508. The number of alkyl halides is 1. The van der Waals surface area contributed by atoms with Crippen molar-refractivity contribution >= 4 is 50.8 Å². The van der Waals surface area contributed by atoms with Gasteiger partial charge in [0.2, 0.25) is 0 Å². The van der Waals surface area contributed by atoms with Crippen molar-refractivity contribution in [1.29, 1.82) is 0 Å². The normalized spacial score (nSPS) is 14.8. The molecule has 0 saturated heterocycles. The molecule has 5 heteroatoms. The van der Waals surface area contributed by atoms with Gasteiger partial charge < -0.3 is 0 Å². The van der Waals surface area contributed by atoms with Gasteiger partial charge in [0.1, 0.15) is 0 Å². The molecule has 0 bridgehead atoms. The Labute approximate surface area is 94.6 Å². The first kappa shape index (κ1) is 13.4. The van der Waals surface area contributed by atoms with Crippen LogP contribution in [0, 0.1) is 5.92 Å². The molecule has 74 valence electrons. The fourth-order valence-electron chi connectivity index (χ4n) is 1.14. The van der Waals surface area contributed by atoms with Crippen molar-refractivity contribution in [3.8, 4) is 0 Å². The van der Waals surface area contributed by atoms with Crippen molar-refractivity contribution in [1.82, 2.24) is 0 Å². The summed E-state index contributed by atoms with van der Waals surface area (Å²) in [6, 6.07) is -1.65. The van der Waals surface area contributed by atoms with E-state index >= 15 is 0 Å². The second-order valence-corrected chi connectivity index (χ2v) is 12.5. The zero-order valence-corrected chi connectivity index (χ0v) is 11.1. The van der Waals surface area contributed by atoms with Crippen LogP contribution in [0.15, 0.2) is 0 Å². The van der Waals surface area contributed by atoms with Gasteiger partial charge in [-0.05, 0) is 24.8 Å². The van der Waals surface area contributed by atoms with Crippen LogP contribution in [0.3, 0.4) is 0 Å². The monoisotopic (exact) mass is 266 g/mol. The summed E-state index contributed by atoms with van der Waals surface area (Å²) in [7, 11) is 0. The average molecular weight is 268 g/mol. The Balaban J connectivity index is 3.67. The highest BCUT2D eigenvalue weighted by atomic mass is 35.8. The van der Waals surface area contributed by atoms with Crippen LogP contribution >= 0.6 is 44.8 Å². The molecular formula is C7H14Cl4Si. The molecule has 0 aromatic rings. The predicted molar refractivity (Wildman–Crippen MR) is 61.9 cm³/mol. The summed E-state index contributed by atoms with van der Waals surface area (Å²) in [6.45, 7) is 2.13. The average Bonchev–Trinajstić information content (AvgIpc) is 1.95. The number of rotatable bonds is 6. The summed E-state index contributed by atoms with van der Waals surface area (Å²) >= 11 is 23.1. The molecule has 0 fully saturated rings. The van der Waals surface area contributed by atoms with Crippen LogP contribution in [0.5, 0.6) is 0 Å². The van der Waals surface area contributed by atoms with Crippen LogP contribution in [0.4, 0.5) is 0 Å². The third kappa shape index (κ3) is 8.00. The lowest BCUT2D eigenvalue weighted by Gasteiger charge is -2.17. The van der Waals surface area contributed by atoms with Crippen molar-refractivity contribution in [3.05, 3.63) is 0 Å². The van der Waals surface area contributed by atoms with E-state index in [2.05, 4.69) is 6.92 Å². The van der Waals surface area contributed by atoms with Crippen molar-refractivity contribution in [2.45, 2.75) is 32.2 Å². The summed E-state index contributed by atoms with van der Waals surface area (Å²) in [5.41, 5.74) is 0. The molecule has 0 aliphatic rings. The van der Waals surface area contributed by atoms with Crippen molar-refractivity contribution in [2.24, 2.45) is 5.92 Å². The van der Waals surface area contributed by atoms with Gasteiger partial charge in [-0.2, -0.15) is 0 Å². The number of hydrogen-bond donors (Lipinski definition) is 0. The van der Waals surface area contributed by atoms with E-state index in [1.807, 2.05) is 0 Å². The van der Waals surface area contributed by atoms with Gasteiger partial charge in [-0.25, -0.2) is 0 Å². The van der Waals surface area contributed by atoms with Crippen LogP contribution in [0.1, 0.15) is 26.2 Å². The van der Waals surface area contributed by atoms with Crippen molar-refractivity contribution in [3.63, 3.8) is 0 Å². The van der Waals surface area contributed by atoms with E-state index < -0.39 is 6.00 Å². The summed E-state index contributed by atoms with van der Waals surface area (Å²) in [6.07, 6.45) is 3.19. The lowest BCUT2D eigenvalue weighted by Crippen LogP contribution is -2.15. The van der Waals surface area contributed by atoms with Crippen LogP contribution in [0.2, 0.25) is 6.04 Å². The van der Waals surface area contributed by atoms with E-state index in [4.69, 9.17) is 44.8 Å². The largest absolute Gasteiger partial charge is 0.341 e. The van der Waals surface area contributed by atoms with Crippen LogP contribution in [0.25, 0.3) is 0 Å². The predicted octanol–water partition coefficient (Wildman–Crippen LogP) is 4.69. The third-order valence-corrected chi connectivity index (χ3v) is 4.54. The molecular weight excluding hydrogens is 254 g/mol. The highest BCUT2D eigenvalue weighted by Gasteiger charge is 2.28.